The molecule has 4 rings (SSSR count). The van der Waals surface area contributed by atoms with Gasteiger partial charge in [-0.1, -0.05) is 30.3 Å². The van der Waals surface area contributed by atoms with Crippen molar-refractivity contribution in [2.24, 2.45) is 0 Å². The minimum atomic E-state index is -1.03. The average molecular weight is 416 g/mol. The lowest BCUT2D eigenvalue weighted by Gasteiger charge is -2.16. The maximum atomic E-state index is 13.0. The third kappa shape index (κ3) is 4.25. The first-order valence-electron chi connectivity index (χ1n) is 9.65. The molecule has 0 unspecified atom stereocenters. The maximum absolute atomic E-state index is 13.0. The van der Waals surface area contributed by atoms with Gasteiger partial charge in [0.15, 0.2) is 11.9 Å². The van der Waals surface area contributed by atoms with Gasteiger partial charge < -0.3 is 19.2 Å². The van der Waals surface area contributed by atoms with Crippen molar-refractivity contribution in [3.63, 3.8) is 0 Å². The van der Waals surface area contributed by atoms with E-state index in [1.54, 1.807) is 54.6 Å². The lowest BCUT2D eigenvalue weighted by Crippen LogP contribution is -2.30. The van der Waals surface area contributed by atoms with Crippen LogP contribution in [0.15, 0.2) is 77.4 Å². The highest BCUT2D eigenvalue weighted by molar-refractivity contribution is 6.06. The van der Waals surface area contributed by atoms with E-state index in [0.29, 0.717) is 39.4 Å². The van der Waals surface area contributed by atoms with Crippen LogP contribution < -0.4 is 10.1 Å². The van der Waals surface area contributed by atoms with E-state index in [4.69, 9.17) is 13.9 Å². The number of pyridine rings is 1. The second-order valence-electron chi connectivity index (χ2n) is 6.79. The van der Waals surface area contributed by atoms with Crippen LogP contribution in [0, 0.1) is 0 Å². The second-order valence-corrected chi connectivity index (χ2v) is 6.79. The Bertz CT molecular complexity index is 1230. The van der Waals surface area contributed by atoms with Gasteiger partial charge in [-0.05, 0) is 43.3 Å². The summed E-state index contributed by atoms with van der Waals surface area (Å²) in [5.74, 6) is -0.0593. The van der Waals surface area contributed by atoms with Gasteiger partial charge in [0.05, 0.1) is 30.1 Å². The SMILES string of the molecule is COc1ccccc1NC(=O)[C@@H](C)OC(=O)c1cc(-c2ccco2)nc2ccccc12. The first-order chi connectivity index (χ1) is 15.1. The molecule has 156 valence electrons. The highest BCUT2D eigenvalue weighted by Gasteiger charge is 2.22. The Hall–Kier alpha value is -4.13. The number of methoxy groups -OCH3 is 1. The molecule has 1 N–H and O–H groups in total. The van der Waals surface area contributed by atoms with Gasteiger partial charge in [0.25, 0.3) is 5.91 Å². The molecule has 0 saturated heterocycles. The smallest absolute Gasteiger partial charge is 0.339 e. The van der Waals surface area contributed by atoms with Gasteiger partial charge in [-0.3, -0.25) is 4.79 Å². The lowest BCUT2D eigenvalue weighted by molar-refractivity contribution is -0.123. The number of para-hydroxylation sites is 3. The molecule has 0 aliphatic carbocycles. The van der Waals surface area contributed by atoms with Crippen LogP contribution in [0.25, 0.3) is 22.4 Å². The van der Waals surface area contributed by atoms with Crippen molar-refractivity contribution in [1.29, 1.82) is 0 Å². The summed E-state index contributed by atoms with van der Waals surface area (Å²) in [6, 6.07) is 19.3. The fraction of sp³-hybridized carbons (Fsp3) is 0.125. The number of anilines is 1. The van der Waals surface area contributed by atoms with Gasteiger partial charge in [-0.15, -0.1) is 0 Å². The highest BCUT2D eigenvalue weighted by Crippen LogP contribution is 2.27. The molecule has 31 heavy (non-hydrogen) atoms. The van der Waals surface area contributed by atoms with Crippen molar-refractivity contribution in [3.8, 4) is 17.2 Å². The molecular formula is C24H20N2O5. The predicted molar refractivity (Wildman–Crippen MR) is 116 cm³/mol. The van der Waals surface area contributed by atoms with E-state index in [0.717, 1.165) is 0 Å². The first-order valence-corrected chi connectivity index (χ1v) is 9.65. The van der Waals surface area contributed by atoms with Gasteiger partial charge >= 0.3 is 5.97 Å². The van der Waals surface area contributed by atoms with Gasteiger partial charge in [0.2, 0.25) is 0 Å². The number of nitrogens with one attached hydrogen (secondary N) is 1. The second kappa shape index (κ2) is 8.71. The van der Waals surface area contributed by atoms with Crippen molar-refractivity contribution in [3.05, 3.63) is 78.6 Å². The van der Waals surface area contributed by atoms with Crippen molar-refractivity contribution in [2.75, 3.05) is 12.4 Å². The molecule has 0 saturated carbocycles. The number of nitrogens with zero attached hydrogens (tertiary/aromatic N) is 1. The standard InChI is InChI=1S/C24H20N2O5/c1-15(23(27)26-19-10-5-6-11-21(19)29-2)31-24(28)17-14-20(22-12-7-13-30-22)25-18-9-4-3-8-16(17)18/h3-15H,1-2H3,(H,26,27)/t15-/m1/s1. The third-order valence-electron chi connectivity index (χ3n) is 4.73. The van der Waals surface area contributed by atoms with Crippen molar-refractivity contribution >= 4 is 28.5 Å². The molecule has 1 atom stereocenters. The molecule has 0 spiro atoms. The van der Waals surface area contributed by atoms with Gasteiger partial charge in [0.1, 0.15) is 11.4 Å². The van der Waals surface area contributed by atoms with E-state index in [2.05, 4.69) is 10.3 Å². The predicted octanol–water partition coefficient (Wildman–Crippen LogP) is 4.69. The van der Waals surface area contributed by atoms with Gasteiger partial charge in [0, 0.05) is 5.39 Å². The fourth-order valence-electron chi connectivity index (χ4n) is 3.15. The van der Waals surface area contributed by atoms with Crippen molar-refractivity contribution in [1.82, 2.24) is 4.98 Å². The minimum absolute atomic E-state index is 0.300. The molecule has 2 heterocycles. The topological polar surface area (TPSA) is 90.7 Å². The maximum Gasteiger partial charge on any atom is 0.339 e. The lowest BCUT2D eigenvalue weighted by atomic mass is 10.1. The van der Waals surface area contributed by atoms with Crippen LogP contribution in [0.3, 0.4) is 0 Å². The molecule has 0 bridgehead atoms. The largest absolute Gasteiger partial charge is 0.495 e. The van der Waals surface area contributed by atoms with E-state index in [-0.39, 0.29) is 0 Å². The number of rotatable bonds is 6. The summed E-state index contributed by atoms with van der Waals surface area (Å²) in [6.45, 7) is 1.51. The van der Waals surface area contributed by atoms with Crippen molar-refractivity contribution in [2.45, 2.75) is 13.0 Å². The molecule has 0 aliphatic rings. The molecular weight excluding hydrogens is 396 g/mol. The van der Waals surface area contributed by atoms with E-state index >= 15 is 0 Å². The Morgan fingerprint density at radius 3 is 2.58 bits per heavy atom. The molecule has 4 aromatic rings. The van der Waals surface area contributed by atoms with E-state index in [9.17, 15) is 9.59 Å². The summed E-state index contributed by atoms with van der Waals surface area (Å²) >= 11 is 0. The zero-order valence-electron chi connectivity index (χ0n) is 17.0. The number of hydrogen-bond donors (Lipinski definition) is 1. The van der Waals surface area contributed by atoms with Crippen LogP contribution in [0.1, 0.15) is 17.3 Å². The number of benzene rings is 2. The number of furan rings is 1. The molecule has 2 aromatic carbocycles. The number of aromatic nitrogens is 1. The number of ether oxygens (including phenoxy) is 2. The fourth-order valence-corrected chi connectivity index (χ4v) is 3.15. The molecule has 0 fully saturated rings. The quantitative estimate of drug-likeness (QED) is 0.459. The number of esters is 1. The number of carbonyl (C=O) groups is 2. The summed E-state index contributed by atoms with van der Waals surface area (Å²) < 4.78 is 16.1. The molecule has 0 aliphatic heterocycles. The normalized spacial score (nSPS) is 11.7. The summed E-state index contributed by atoms with van der Waals surface area (Å²) in [5, 5.41) is 3.35. The Morgan fingerprint density at radius 1 is 1.03 bits per heavy atom. The third-order valence-corrected chi connectivity index (χ3v) is 4.73. The first kappa shape index (κ1) is 20.2. The molecule has 0 radical (unpaired) electrons. The Labute approximate surface area is 178 Å². The van der Waals surface area contributed by atoms with Gasteiger partial charge in [-0.2, -0.15) is 0 Å². The minimum Gasteiger partial charge on any atom is -0.495 e. The van der Waals surface area contributed by atoms with Crippen LogP contribution in [-0.4, -0.2) is 30.1 Å². The number of fused-ring (bicyclic) bond motifs is 1. The number of hydrogen-bond acceptors (Lipinski definition) is 6. The van der Waals surface area contributed by atoms with Gasteiger partial charge in [-0.25, -0.2) is 9.78 Å². The molecule has 7 heteroatoms. The monoisotopic (exact) mass is 416 g/mol. The summed E-state index contributed by atoms with van der Waals surface area (Å²) in [5.41, 5.74) is 1.91. The van der Waals surface area contributed by atoms with E-state index in [1.807, 2.05) is 12.1 Å². The Morgan fingerprint density at radius 2 is 1.81 bits per heavy atom. The summed E-state index contributed by atoms with van der Waals surface area (Å²) in [6.07, 6.45) is 0.505. The zero-order chi connectivity index (χ0) is 21.8. The van der Waals surface area contributed by atoms with Crippen LogP contribution >= 0.6 is 0 Å². The molecule has 2 aromatic heterocycles. The molecule has 1 amide bonds. The van der Waals surface area contributed by atoms with Crippen LogP contribution in [0.2, 0.25) is 0 Å². The van der Waals surface area contributed by atoms with Crippen LogP contribution in [-0.2, 0) is 9.53 Å². The summed E-state index contributed by atoms with van der Waals surface area (Å²) in [4.78, 5) is 30.1. The van der Waals surface area contributed by atoms with Crippen LogP contribution in [0.4, 0.5) is 5.69 Å². The summed E-state index contributed by atoms with van der Waals surface area (Å²) in [7, 11) is 1.51. The van der Waals surface area contributed by atoms with E-state index < -0.39 is 18.0 Å². The Balaban J connectivity index is 1.58. The highest BCUT2D eigenvalue weighted by atomic mass is 16.5. The number of amides is 1. The number of carbonyl (C=O) groups excluding carboxylic acids is 2. The Kier molecular flexibility index (Phi) is 5.66. The zero-order valence-corrected chi connectivity index (χ0v) is 17.0. The van der Waals surface area contributed by atoms with Crippen molar-refractivity contribution < 1.29 is 23.5 Å². The van der Waals surface area contributed by atoms with E-state index in [1.165, 1.54) is 20.3 Å². The van der Waals surface area contributed by atoms with Crippen LogP contribution in [0.5, 0.6) is 5.75 Å². The average Bonchev–Trinajstić information content (AvgIpc) is 3.33. The molecule has 7 nitrogen and oxygen atoms in total.